The Labute approximate surface area is 131 Å². The van der Waals surface area contributed by atoms with Crippen LogP contribution in [0.25, 0.3) is 0 Å². The molecule has 1 N–H and O–H groups in total. The van der Waals surface area contributed by atoms with Crippen molar-refractivity contribution in [3.63, 3.8) is 0 Å². The molecular formula is C15H29F3N4. The Balaban J connectivity index is 2.53. The maximum Gasteiger partial charge on any atom is 0.390 e. The van der Waals surface area contributed by atoms with Crippen molar-refractivity contribution < 1.29 is 13.2 Å². The van der Waals surface area contributed by atoms with Crippen LogP contribution in [0.15, 0.2) is 4.99 Å². The predicted octanol–water partition coefficient (Wildman–Crippen LogP) is 2.57. The Kier molecular flexibility index (Phi) is 8.00. The fourth-order valence-corrected chi connectivity index (χ4v) is 2.74. The Morgan fingerprint density at radius 1 is 1.27 bits per heavy atom. The second kappa shape index (κ2) is 9.22. The van der Waals surface area contributed by atoms with E-state index in [2.05, 4.69) is 34.0 Å². The van der Waals surface area contributed by atoms with Crippen LogP contribution in [-0.2, 0) is 0 Å². The number of hydrogen-bond donors (Lipinski definition) is 1. The molecule has 0 bridgehead atoms. The first-order valence-corrected chi connectivity index (χ1v) is 8.21. The van der Waals surface area contributed by atoms with Crippen LogP contribution in [0.3, 0.4) is 0 Å². The maximum absolute atomic E-state index is 12.2. The Bertz CT molecular complexity index is 340. The molecule has 0 spiro atoms. The highest BCUT2D eigenvalue weighted by atomic mass is 19.4. The highest BCUT2D eigenvalue weighted by molar-refractivity contribution is 5.80. The van der Waals surface area contributed by atoms with Gasteiger partial charge in [0.15, 0.2) is 5.96 Å². The second-order valence-corrected chi connectivity index (χ2v) is 5.69. The molecule has 130 valence electrons. The zero-order valence-corrected chi connectivity index (χ0v) is 13.9. The van der Waals surface area contributed by atoms with Gasteiger partial charge in [-0.1, -0.05) is 13.8 Å². The number of hydrogen-bond acceptors (Lipinski definition) is 2. The second-order valence-electron chi connectivity index (χ2n) is 5.69. The average Bonchev–Trinajstić information content (AvgIpc) is 2.91. The van der Waals surface area contributed by atoms with Crippen LogP contribution in [0.5, 0.6) is 0 Å². The van der Waals surface area contributed by atoms with Gasteiger partial charge in [0.2, 0.25) is 0 Å². The number of guanidine groups is 1. The van der Waals surface area contributed by atoms with Gasteiger partial charge in [0.05, 0.1) is 13.0 Å². The molecule has 1 atom stereocenters. The minimum Gasteiger partial charge on any atom is -0.357 e. The normalized spacial score (nSPS) is 20.0. The van der Waals surface area contributed by atoms with Crippen molar-refractivity contribution in [2.24, 2.45) is 10.9 Å². The van der Waals surface area contributed by atoms with Gasteiger partial charge >= 0.3 is 6.18 Å². The third-order valence-electron chi connectivity index (χ3n) is 3.99. The standard InChI is InChI=1S/C15H29F3N4/c1-4-19-14(20-9-8-15(16,17)18)22-10-7-13(12-22)11-21(5-2)6-3/h13H,4-12H2,1-3H3,(H,19,20). The van der Waals surface area contributed by atoms with Gasteiger partial charge in [-0.3, -0.25) is 4.99 Å². The Morgan fingerprint density at radius 2 is 1.95 bits per heavy atom. The summed E-state index contributed by atoms with van der Waals surface area (Å²) >= 11 is 0. The summed E-state index contributed by atoms with van der Waals surface area (Å²) in [5.41, 5.74) is 0. The summed E-state index contributed by atoms with van der Waals surface area (Å²) in [5, 5.41) is 3.11. The van der Waals surface area contributed by atoms with Crippen LogP contribution in [0, 0.1) is 5.92 Å². The van der Waals surface area contributed by atoms with Crippen molar-refractivity contribution in [2.45, 2.75) is 39.8 Å². The number of halogens is 3. The number of alkyl halides is 3. The largest absolute Gasteiger partial charge is 0.390 e. The van der Waals surface area contributed by atoms with Crippen LogP contribution < -0.4 is 5.32 Å². The molecule has 0 amide bonds. The third-order valence-corrected chi connectivity index (χ3v) is 3.99. The number of aliphatic imine (C=N–C) groups is 1. The molecule has 0 aromatic rings. The third kappa shape index (κ3) is 6.85. The molecule has 1 aliphatic heterocycles. The molecule has 4 nitrogen and oxygen atoms in total. The highest BCUT2D eigenvalue weighted by Crippen LogP contribution is 2.20. The molecule has 0 aromatic heterocycles. The fraction of sp³-hybridized carbons (Fsp3) is 0.933. The van der Waals surface area contributed by atoms with Crippen LogP contribution >= 0.6 is 0 Å². The number of nitrogens with zero attached hydrogens (tertiary/aromatic N) is 3. The lowest BCUT2D eigenvalue weighted by Gasteiger charge is -2.24. The van der Waals surface area contributed by atoms with Crippen molar-refractivity contribution in [3.8, 4) is 0 Å². The lowest BCUT2D eigenvalue weighted by molar-refractivity contribution is -0.132. The minimum absolute atomic E-state index is 0.205. The van der Waals surface area contributed by atoms with Crippen molar-refractivity contribution in [1.29, 1.82) is 0 Å². The van der Waals surface area contributed by atoms with Gasteiger partial charge in [0, 0.05) is 26.2 Å². The molecule has 0 saturated carbocycles. The molecule has 7 heteroatoms. The summed E-state index contributed by atoms with van der Waals surface area (Å²) in [4.78, 5) is 8.61. The SMILES string of the molecule is CCNC(=NCCC(F)(F)F)N1CCC(CN(CC)CC)C1. The zero-order chi connectivity index (χ0) is 16.6. The summed E-state index contributed by atoms with van der Waals surface area (Å²) in [6, 6.07) is 0. The van der Waals surface area contributed by atoms with Crippen LogP contribution in [0.2, 0.25) is 0 Å². The van der Waals surface area contributed by atoms with E-state index in [1.807, 2.05) is 6.92 Å². The first kappa shape index (κ1) is 19.1. The van der Waals surface area contributed by atoms with E-state index in [-0.39, 0.29) is 6.54 Å². The van der Waals surface area contributed by atoms with Gasteiger partial charge in [0.1, 0.15) is 0 Å². The molecular weight excluding hydrogens is 293 g/mol. The maximum atomic E-state index is 12.2. The summed E-state index contributed by atoms with van der Waals surface area (Å²) < 4.78 is 36.7. The van der Waals surface area contributed by atoms with Gasteiger partial charge in [-0.15, -0.1) is 0 Å². The van der Waals surface area contributed by atoms with Gasteiger partial charge in [0.25, 0.3) is 0 Å². The van der Waals surface area contributed by atoms with Crippen molar-refractivity contribution >= 4 is 5.96 Å². The van der Waals surface area contributed by atoms with E-state index in [0.717, 1.165) is 39.1 Å². The van der Waals surface area contributed by atoms with E-state index in [1.54, 1.807) is 0 Å². The van der Waals surface area contributed by atoms with E-state index in [0.29, 0.717) is 18.4 Å². The van der Waals surface area contributed by atoms with Crippen LogP contribution in [0.1, 0.15) is 33.6 Å². The van der Waals surface area contributed by atoms with Crippen molar-refractivity contribution in [3.05, 3.63) is 0 Å². The molecule has 1 rings (SSSR count). The first-order valence-electron chi connectivity index (χ1n) is 8.21. The fourth-order valence-electron chi connectivity index (χ4n) is 2.74. The van der Waals surface area contributed by atoms with Crippen molar-refractivity contribution in [2.75, 3.05) is 45.8 Å². The topological polar surface area (TPSA) is 30.9 Å². The summed E-state index contributed by atoms with van der Waals surface area (Å²) in [6.07, 6.45) is -3.93. The van der Waals surface area contributed by atoms with E-state index < -0.39 is 12.6 Å². The average molecular weight is 322 g/mol. The van der Waals surface area contributed by atoms with Gasteiger partial charge in [-0.2, -0.15) is 13.2 Å². The van der Waals surface area contributed by atoms with Gasteiger partial charge in [-0.25, -0.2) is 0 Å². The molecule has 1 saturated heterocycles. The monoisotopic (exact) mass is 322 g/mol. The lowest BCUT2D eigenvalue weighted by Crippen LogP contribution is -2.41. The Morgan fingerprint density at radius 3 is 2.50 bits per heavy atom. The Hall–Kier alpha value is -0.980. The van der Waals surface area contributed by atoms with Crippen LogP contribution in [0.4, 0.5) is 13.2 Å². The summed E-state index contributed by atoms with van der Waals surface area (Å²) in [6.45, 7) is 11.6. The van der Waals surface area contributed by atoms with E-state index >= 15 is 0 Å². The smallest absolute Gasteiger partial charge is 0.357 e. The number of likely N-dealkylation sites (tertiary alicyclic amines) is 1. The number of nitrogens with one attached hydrogen (secondary N) is 1. The quantitative estimate of drug-likeness (QED) is 0.577. The highest BCUT2D eigenvalue weighted by Gasteiger charge is 2.28. The molecule has 1 heterocycles. The van der Waals surface area contributed by atoms with E-state index in [1.165, 1.54) is 0 Å². The van der Waals surface area contributed by atoms with Gasteiger partial charge < -0.3 is 15.1 Å². The molecule has 1 fully saturated rings. The predicted molar refractivity (Wildman–Crippen MR) is 84.1 cm³/mol. The summed E-state index contributed by atoms with van der Waals surface area (Å²) in [7, 11) is 0. The van der Waals surface area contributed by atoms with Gasteiger partial charge in [-0.05, 0) is 32.4 Å². The van der Waals surface area contributed by atoms with E-state index in [4.69, 9.17) is 0 Å². The summed E-state index contributed by atoms with van der Waals surface area (Å²) in [5.74, 6) is 1.18. The first-order chi connectivity index (χ1) is 10.4. The molecule has 1 aliphatic rings. The molecule has 0 aromatic carbocycles. The number of rotatable bonds is 7. The van der Waals surface area contributed by atoms with Crippen LogP contribution in [-0.4, -0.2) is 67.7 Å². The molecule has 0 radical (unpaired) electrons. The minimum atomic E-state index is -4.14. The molecule has 0 aliphatic carbocycles. The van der Waals surface area contributed by atoms with Crippen molar-refractivity contribution in [1.82, 2.24) is 15.1 Å². The lowest BCUT2D eigenvalue weighted by atomic mass is 10.1. The van der Waals surface area contributed by atoms with E-state index in [9.17, 15) is 13.2 Å². The molecule has 22 heavy (non-hydrogen) atoms. The molecule has 1 unspecified atom stereocenters. The zero-order valence-electron chi connectivity index (χ0n) is 13.9.